The highest BCUT2D eigenvalue weighted by atomic mass is 15.1. The third kappa shape index (κ3) is 6.70. The molecule has 0 aliphatic heterocycles. The van der Waals surface area contributed by atoms with Crippen LogP contribution in [0.25, 0.3) is 98.7 Å². The molecule has 0 radical (unpaired) electrons. The average molecular weight is 828 g/mol. The summed E-state index contributed by atoms with van der Waals surface area (Å²) in [6.07, 6.45) is 7.57. The van der Waals surface area contributed by atoms with Crippen LogP contribution in [0.3, 0.4) is 0 Å². The first-order chi connectivity index (χ1) is 32.3. The molecule has 0 atom stereocenters. The lowest BCUT2D eigenvalue weighted by molar-refractivity contribution is 1.30. The van der Waals surface area contributed by atoms with Crippen LogP contribution >= 0.6 is 0 Å². The summed E-state index contributed by atoms with van der Waals surface area (Å²) < 4.78 is 0. The van der Waals surface area contributed by atoms with E-state index < -0.39 is 0 Å². The van der Waals surface area contributed by atoms with Crippen LogP contribution in [0.4, 0.5) is 17.1 Å². The summed E-state index contributed by atoms with van der Waals surface area (Å²) in [6, 6.07) is 81.7. The van der Waals surface area contributed by atoms with Crippen LogP contribution in [0.2, 0.25) is 0 Å². The maximum absolute atomic E-state index is 4.49. The monoisotopic (exact) mass is 827 g/mol. The van der Waals surface area contributed by atoms with E-state index in [2.05, 4.69) is 227 Å². The molecule has 0 unspecified atom stereocenters. The largest absolute Gasteiger partial charge is 0.309 e. The molecule has 0 N–H and O–H groups in total. The number of fused-ring (bicyclic) bond motifs is 5. The van der Waals surface area contributed by atoms with Gasteiger partial charge in [0.2, 0.25) is 0 Å². The van der Waals surface area contributed by atoms with Crippen molar-refractivity contribution >= 4 is 60.2 Å². The van der Waals surface area contributed by atoms with Crippen molar-refractivity contribution in [1.29, 1.82) is 0 Å². The van der Waals surface area contributed by atoms with Crippen molar-refractivity contribution in [3.05, 3.63) is 249 Å². The minimum atomic E-state index is 1.08. The number of para-hydroxylation sites is 2. The highest BCUT2D eigenvalue weighted by Crippen LogP contribution is 2.52. The number of nitrogens with zero attached hydrogens (tertiary/aromatic N) is 3. The van der Waals surface area contributed by atoms with Crippen LogP contribution in [0.15, 0.2) is 249 Å². The molecule has 0 spiro atoms. The van der Waals surface area contributed by atoms with E-state index in [0.29, 0.717) is 0 Å². The van der Waals surface area contributed by atoms with E-state index in [1.165, 1.54) is 59.8 Å². The zero-order chi connectivity index (χ0) is 43.1. The number of hydrogen-bond acceptors (Lipinski definition) is 3. The van der Waals surface area contributed by atoms with Gasteiger partial charge in [0.1, 0.15) is 0 Å². The van der Waals surface area contributed by atoms with Crippen molar-refractivity contribution in [2.24, 2.45) is 0 Å². The van der Waals surface area contributed by atoms with Gasteiger partial charge in [-0.15, -0.1) is 0 Å². The van der Waals surface area contributed by atoms with Gasteiger partial charge in [0.15, 0.2) is 0 Å². The predicted octanol–water partition coefficient (Wildman–Crippen LogP) is 16.9. The lowest BCUT2D eigenvalue weighted by Crippen LogP contribution is -2.12. The van der Waals surface area contributed by atoms with Crippen molar-refractivity contribution < 1.29 is 0 Å². The Hall–Kier alpha value is -8.66. The van der Waals surface area contributed by atoms with Gasteiger partial charge >= 0.3 is 0 Å². The number of benzene rings is 10. The van der Waals surface area contributed by atoms with E-state index in [-0.39, 0.29) is 0 Å². The quantitative estimate of drug-likeness (QED) is 0.113. The lowest BCUT2D eigenvalue weighted by Gasteiger charge is -2.31. The molecule has 0 amide bonds. The van der Waals surface area contributed by atoms with Crippen LogP contribution in [-0.2, 0) is 0 Å². The molecule has 2 heterocycles. The zero-order valence-electron chi connectivity index (χ0n) is 35.5. The summed E-state index contributed by atoms with van der Waals surface area (Å²) in [5.41, 5.74) is 14.8. The minimum absolute atomic E-state index is 1.08. The standard InChI is InChI=1S/C62H41N3/c1-4-18-42(19-5-1)61-56-39-58-57(38-55(56)51-30-10-13-33-54(51)62(61)65(49-26-6-2-7-27-49)50-28-8-3-9-29-50)59(45-22-14-20-43(36-45)47-24-16-34-63-40-47)52-31-11-12-32-53(52)60(58)46-23-15-21-44(37-46)48-25-17-35-64-41-48/h1-41H. The molecule has 0 aliphatic carbocycles. The van der Waals surface area contributed by atoms with E-state index in [1.54, 1.807) is 0 Å². The van der Waals surface area contributed by atoms with E-state index in [0.717, 1.165) is 56.0 Å². The van der Waals surface area contributed by atoms with Crippen molar-refractivity contribution in [1.82, 2.24) is 9.97 Å². The molecule has 0 saturated heterocycles. The Morgan fingerprint density at radius 2 is 0.646 bits per heavy atom. The molecule has 65 heavy (non-hydrogen) atoms. The fraction of sp³-hybridized carbons (Fsp3) is 0. The smallest absolute Gasteiger partial charge is 0.0624 e. The van der Waals surface area contributed by atoms with Gasteiger partial charge in [-0.3, -0.25) is 9.97 Å². The predicted molar refractivity (Wildman–Crippen MR) is 274 cm³/mol. The highest BCUT2D eigenvalue weighted by molar-refractivity contribution is 6.29. The fourth-order valence-corrected chi connectivity index (χ4v) is 9.93. The van der Waals surface area contributed by atoms with Crippen molar-refractivity contribution in [3.8, 4) is 55.6 Å². The van der Waals surface area contributed by atoms with E-state index >= 15 is 0 Å². The molecule has 12 aromatic rings. The molecule has 2 aromatic heterocycles. The Bertz CT molecular complexity index is 3650. The summed E-state index contributed by atoms with van der Waals surface area (Å²) in [7, 11) is 0. The highest BCUT2D eigenvalue weighted by Gasteiger charge is 2.26. The lowest BCUT2D eigenvalue weighted by atomic mass is 9.82. The molecule has 10 aromatic carbocycles. The third-order valence-electron chi connectivity index (χ3n) is 12.7. The van der Waals surface area contributed by atoms with Crippen LogP contribution in [-0.4, -0.2) is 9.97 Å². The van der Waals surface area contributed by atoms with E-state index in [9.17, 15) is 0 Å². The van der Waals surface area contributed by atoms with Gasteiger partial charge in [-0.25, -0.2) is 0 Å². The molecular formula is C62H41N3. The first kappa shape index (κ1) is 38.0. The summed E-state index contributed by atoms with van der Waals surface area (Å²) in [6.45, 7) is 0. The van der Waals surface area contributed by atoms with Gasteiger partial charge in [-0.05, 0) is 137 Å². The summed E-state index contributed by atoms with van der Waals surface area (Å²) in [5.74, 6) is 0. The Balaban J connectivity index is 1.28. The zero-order valence-corrected chi connectivity index (χ0v) is 35.5. The molecule has 3 nitrogen and oxygen atoms in total. The third-order valence-corrected chi connectivity index (χ3v) is 12.7. The summed E-state index contributed by atoms with van der Waals surface area (Å²) >= 11 is 0. The van der Waals surface area contributed by atoms with Crippen LogP contribution in [0.1, 0.15) is 0 Å². The van der Waals surface area contributed by atoms with Crippen molar-refractivity contribution in [2.75, 3.05) is 4.90 Å². The van der Waals surface area contributed by atoms with Gasteiger partial charge in [-0.2, -0.15) is 0 Å². The average Bonchev–Trinajstić information content (AvgIpc) is 3.39. The molecule has 0 saturated carbocycles. The SMILES string of the molecule is c1ccc(-c2c(N(c3ccccc3)c3ccccc3)c3ccccc3c3cc4c(-c5cccc(-c6cccnc6)c5)c5ccccc5c(-c5cccc(-c6cccnc6)c5)c4cc23)cc1. The molecule has 12 rings (SSSR count). The summed E-state index contributed by atoms with van der Waals surface area (Å²) in [4.78, 5) is 11.4. The number of aromatic nitrogens is 2. The van der Waals surface area contributed by atoms with Crippen molar-refractivity contribution in [3.63, 3.8) is 0 Å². The normalized spacial score (nSPS) is 11.4. The Morgan fingerprint density at radius 3 is 1.15 bits per heavy atom. The van der Waals surface area contributed by atoms with Crippen LogP contribution in [0.5, 0.6) is 0 Å². The first-order valence-electron chi connectivity index (χ1n) is 22.1. The van der Waals surface area contributed by atoms with Gasteiger partial charge < -0.3 is 4.90 Å². The molecule has 0 bridgehead atoms. The van der Waals surface area contributed by atoms with Crippen LogP contribution < -0.4 is 4.90 Å². The topological polar surface area (TPSA) is 29.0 Å². The van der Waals surface area contributed by atoms with Gasteiger partial charge in [0, 0.05) is 58.2 Å². The second-order valence-corrected chi connectivity index (χ2v) is 16.5. The minimum Gasteiger partial charge on any atom is -0.309 e. The van der Waals surface area contributed by atoms with Crippen molar-refractivity contribution in [2.45, 2.75) is 0 Å². The maximum atomic E-state index is 4.49. The number of hydrogen-bond donors (Lipinski definition) is 0. The van der Waals surface area contributed by atoms with Gasteiger partial charge in [0.25, 0.3) is 0 Å². The molecule has 0 fully saturated rings. The van der Waals surface area contributed by atoms with Crippen LogP contribution in [0, 0.1) is 0 Å². The first-order valence-corrected chi connectivity index (χ1v) is 22.1. The van der Waals surface area contributed by atoms with Gasteiger partial charge in [-0.1, -0.05) is 164 Å². The molecular weight excluding hydrogens is 787 g/mol. The second-order valence-electron chi connectivity index (χ2n) is 16.5. The maximum Gasteiger partial charge on any atom is 0.0624 e. The second kappa shape index (κ2) is 16.2. The fourth-order valence-electron chi connectivity index (χ4n) is 9.93. The molecule has 0 aliphatic rings. The molecule has 3 heteroatoms. The van der Waals surface area contributed by atoms with E-state index in [1.807, 2.05) is 36.9 Å². The number of rotatable bonds is 8. The summed E-state index contributed by atoms with van der Waals surface area (Å²) in [5, 5.41) is 9.54. The molecule has 304 valence electrons. The number of pyridine rings is 2. The van der Waals surface area contributed by atoms with Gasteiger partial charge in [0.05, 0.1) is 5.69 Å². The Morgan fingerprint density at radius 1 is 0.246 bits per heavy atom. The Labute approximate surface area is 378 Å². The van der Waals surface area contributed by atoms with E-state index in [4.69, 9.17) is 0 Å². The number of anilines is 3. The Kier molecular flexibility index (Phi) is 9.50.